The van der Waals surface area contributed by atoms with Crippen molar-refractivity contribution in [1.82, 2.24) is 0 Å². The van der Waals surface area contributed by atoms with Crippen molar-refractivity contribution in [2.24, 2.45) is 11.8 Å². The van der Waals surface area contributed by atoms with Crippen molar-refractivity contribution in [3.63, 3.8) is 0 Å². The van der Waals surface area contributed by atoms with Crippen LogP contribution in [-0.2, 0) is 19.4 Å². The van der Waals surface area contributed by atoms with Crippen LogP contribution in [0.25, 0.3) is 0 Å². The number of rotatable bonds is 4. The second kappa shape index (κ2) is 6.69. The summed E-state index contributed by atoms with van der Waals surface area (Å²) in [5, 5.41) is 0. The molecule has 6 heteroatoms. The lowest BCUT2D eigenvalue weighted by molar-refractivity contribution is -0.147. The normalized spacial score (nSPS) is 22.4. The molecule has 1 heterocycles. The zero-order valence-electron chi connectivity index (χ0n) is 13.3. The summed E-state index contributed by atoms with van der Waals surface area (Å²) >= 11 is 0. The van der Waals surface area contributed by atoms with E-state index >= 15 is 0 Å². The maximum atomic E-state index is 12.3. The minimum Gasteiger partial charge on any atom is -0.469 e. The maximum Gasteiger partial charge on any atom is 0.309 e. The Morgan fingerprint density at radius 3 is 2.64 bits per heavy atom. The van der Waals surface area contributed by atoms with Gasteiger partial charge < -0.3 is 9.64 Å². The Morgan fingerprint density at radius 1 is 1.36 bits per heavy atom. The molecule has 0 N–H and O–H groups in total. The Bertz CT molecular complexity index is 641. The van der Waals surface area contributed by atoms with E-state index in [1.54, 1.807) is 19.1 Å². The molecule has 1 aromatic rings. The summed E-state index contributed by atoms with van der Waals surface area (Å²) < 4.78 is 29.4. The summed E-state index contributed by atoms with van der Waals surface area (Å²) in [6, 6.07) is 7.09. The molecule has 1 aromatic carbocycles. The van der Waals surface area contributed by atoms with Gasteiger partial charge in [-0.15, -0.1) is 0 Å². The van der Waals surface area contributed by atoms with E-state index < -0.39 is 9.84 Å². The van der Waals surface area contributed by atoms with Gasteiger partial charge in [-0.3, -0.25) is 4.79 Å². The van der Waals surface area contributed by atoms with Crippen molar-refractivity contribution in [1.29, 1.82) is 0 Å². The Hall–Kier alpha value is -1.56. The molecule has 22 heavy (non-hydrogen) atoms. The molecule has 0 radical (unpaired) electrons. The molecule has 0 amide bonds. The van der Waals surface area contributed by atoms with Crippen LogP contribution < -0.4 is 4.90 Å². The largest absolute Gasteiger partial charge is 0.469 e. The first kappa shape index (κ1) is 16.8. The molecule has 1 aliphatic rings. The predicted molar refractivity (Wildman–Crippen MR) is 85.7 cm³/mol. The van der Waals surface area contributed by atoms with Gasteiger partial charge in [-0.25, -0.2) is 8.42 Å². The highest BCUT2D eigenvalue weighted by Gasteiger charge is 2.33. The van der Waals surface area contributed by atoms with Crippen LogP contribution >= 0.6 is 0 Å². The number of nitrogens with zero attached hydrogens (tertiary/aromatic N) is 1. The van der Waals surface area contributed by atoms with Crippen LogP contribution in [0.1, 0.15) is 20.3 Å². The average Bonchev–Trinajstić information content (AvgIpc) is 2.54. The molecule has 0 aliphatic carbocycles. The molecule has 122 valence electrons. The molecule has 0 aromatic heterocycles. The number of hydrogen-bond donors (Lipinski definition) is 0. The van der Waals surface area contributed by atoms with Crippen LogP contribution in [0.15, 0.2) is 29.2 Å². The Balaban J connectivity index is 2.27. The van der Waals surface area contributed by atoms with E-state index in [1.165, 1.54) is 7.11 Å². The quantitative estimate of drug-likeness (QED) is 0.794. The SMILES string of the molecule is CCS(=O)(=O)c1ccccc1N1CC[C@H](C(=O)OC)[C@@H](C)C1. The maximum absolute atomic E-state index is 12.3. The van der Waals surface area contributed by atoms with Crippen molar-refractivity contribution in [2.45, 2.75) is 25.2 Å². The van der Waals surface area contributed by atoms with Crippen molar-refractivity contribution in [2.75, 3.05) is 30.9 Å². The number of anilines is 1. The van der Waals surface area contributed by atoms with Gasteiger partial charge in [-0.1, -0.05) is 26.0 Å². The first-order valence-electron chi connectivity index (χ1n) is 7.55. The summed E-state index contributed by atoms with van der Waals surface area (Å²) in [5.41, 5.74) is 0.736. The van der Waals surface area contributed by atoms with Crippen molar-refractivity contribution >= 4 is 21.5 Å². The number of methoxy groups -OCH3 is 1. The van der Waals surface area contributed by atoms with E-state index in [0.29, 0.717) is 24.4 Å². The molecule has 0 spiro atoms. The number of sulfone groups is 1. The molecule has 1 fully saturated rings. The molecule has 1 saturated heterocycles. The van der Waals surface area contributed by atoms with Crippen LogP contribution in [0.3, 0.4) is 0 Å². The highest BCUT2D eigenvalue weighted by atomic mass is 32.2. The van der Waals surface area contributed by atoms with Crippen LogP contribution in [0.2, 0.25) is 0 Å². The zero-order valence-corrected chi connectivity index (χ0v) is 14.1. The van der Waals surface area contributed by atoms with Crippen molar-refractivity contribution in [3.05, 3.63) is 24.3 Å². The first-order chi connectivity index (χ1) is 10.4. The number of benzene rings is 1. The summed E-state index contributed by atoms with van der Waals surface area (Å²) in [4.78, 5) is 14.2. The van der Waals surface area contributed by atoms with E-state index in [0.717, 1.165) is 5.69 Å². The summed E-state index contributed by atoms with van der Waals surface area (Å²) in [6.07, 6.45) is 0.675. The topological polar surface area (TPSA) is 63.7 Å². The molecular formula is C16H23NO4S. The molecule has 0 saturated carbocycles. The fraction of sp³-hybridized carbons (Fsp3) is 0.562. The van der Waals surface area contributed by atoms with E-state index in [-0.39, 0.29) is 23.6 Å². The fourth-order valence-corrected chi connectivity index (χ4v) is 4.12. The summed E-state index contributed by atoms with van der Waals surface area (Å²) in [6.45, 7) is 4.96. The van der Waals surface area contributed by atoms with Crippen molar-refractivity contribution < 1.29 is 17.9 Å². The highest BCUT2D eigenvalue weighted by Crippen LogP contribution is 2.32. The summed E-state index contributed by atoms with van der Waals surface area (Å²) in [7, 11) is -1.86. The lowest BCUT2D eigenvalue weighted by Gasteiger charge is -2.37. The smallest absolute Gasteiger partial charge is 0.309 e. The van der Waals surface area contributed by atoms with Gasteiger partial charge in [0.25, 0.3) is 0 Å². The number of piperidine rings is 1. The lowest BCUT2D eigenvalue weighted by Crippen LogP contribution is -2.43. The minimum absolute atomic E-state index is 0.0815. The van der Waals surface area contributed by atoms with Gasteiger partial charge in [0.15, 0.2) is 9.84 Å². The second-order valence-electron chi connectivity index (χ2n) is 5.71. The minimum atomic E-state index is -3.26. The van der Waals surface area contributed by atoms with E-state index in [9.17, 15) is 13.2 Å². The van der Waals surface area contributed by atoms with Crippen LogP contribution in [0, 0.1) is 11.8 Å². The number of hydrogen-bond acceptors (Lipinski definition) is 5. The van der Waals surface area contributed by atoms with Gasteiger partial charge in [0.1, 0.15) is 0 Å². The fourth-order valence-electron chi connectivity index (χ4n) is 3.00. The van der Waals surface area contributed by atoms with Gasteiger partial charge in [0.05, 0.1) is 29.4 Å². The number of carbonyl (C=O) groups excluding carboxylic acids is 1. The average molecular weight is 325 g/mol. The lowest BCUT2D eigenvalue weighted by atomic mass is 9.86. The Kier molecular flexibility index (Phi) is 5.11. The van der Waals surface area contributed by atoms with Gasteiger partial charge in [0.2, 0.25) is 0 Å². The monoisotopic (exact) mass is 325 g/mol. The third-order valence-electron chi connectivity index (χ3n) is 4.33. The molecule has 5 nitrogen and oxygen atoms in total. The van der Waals surface area contributed by atoms with Gasteiger partial charge >= 0.3 is 5.97 Å². The van der Waals surface area contributed by atoms with Crippen LogP contribution in [0.5, 0.6) is 0 Å². The molecule has 1 aliphatic heterocycles. The van der Waals surface area contributed by atoms with Crippen molar-refractivity contribution in [3.8, 4) is 0 Å². The van der Waals surface area contributed by atoms with E-state index in [1.807, 2.05) is 19.1 Å². The predicted octanol–water partition coefficient (Wildman–Crippen LogP) is 2.12. The molecule has 0 bridgehead atoms. The Morgan fingerprint density at radius 2 is 2.05 bits per heavy atom. The van der Waals surface area contributed by atoms with Crippen LogP contribution in [0.4, 0.5) is 5.69 Å². The zero-order chi connectivity index (χ0) is 16.3. The van der Waals surface area contributed by atoms with E-state index in [4.69, 9.17) is 4.74 Å². The molecule has 0 unspecified atom stereocenters. The first-order valence-corrected chi connectivity index (χ1v) is 9.20. The third-order valence-corrected chi connectivity index (χ3v) is 6.11. The third kappa shape index (κ3) is 3.27. The number of ether oxygens (including phenoxy) is 1. The number of esters is 1. The standard InChI is InChI=1S/C16H23NO4S/c1-4-22(19,20)15-8-6-5-7-14(15)17-10-9-13(12(2)11-17)16(18)21-3/h5-8,12-13H,4,9-11H2,1-3H3/t12-,13-/m0/s1. The van der Waals surface area contributed by atoms with Gasteiger partial charge in [-0.2, -0.15) is 0 Å². The Labute approximate surface area is 132 Å². The highest BCUT2D eigenvalue weighted by molar-refractivity contribution is 7.91. The van der Waals surface area contributed by atoms with E-state index in [2.05, 4.69) is 4.90 Å². The number of carbonyl (C=O) groups is 1. The molecule has 2 rings (SSSR count). The number of para-hydroxylation sites is 1. The second-order valence-corrected chi connectivity index (χ2v) is 7.96. The van der Waals surface area contributed by atoms with Crippen LogP contribution in [-0.4, -0.2) is 40.3 Å². The molecular weight excluding hydrogens is 302 g/mol. The molecule has 2 atom stereocenters. The van der Waals surface area contributed by atoms with Gasteiger partial charge in [0, 0.05) is 13.1 Å². The summed E-state index contributed by atoms with van der Waals surface area (Å²) in [5.74, 6) is -0.0885. The van der Waals surface area contributed by atoms with Gasteiger partial charge in [-0.05, 0) is 24.5 Å².